The average molecular weight is 253 g/mol. The number of esters is 1. The summed E-state index contributed by atoms with van der Waals surface area (Å²) < 4.78 is 40.2. The zero-order valence-electron chi connectivity index (χ0n) is 9.85. The molecule has 1 aliphatic carbocycles. The van der Waals surface area contributed by atoms with Gasteiger partial charge in [-0.15, -0.1) is 0 Å². The van der Waals surface area contributed by atoms with Crippen LogP contribution in [0.1, 0.15) is 32.1 Å². The maximum Gasteiger partial charge on any atom is 0.389 e. The Morgan fingerprint density at radius 3 is 2.53 bits per heavy atom. The van der Waals surface area contributed by atoms with Crippen LogP contribution in [0.4, 0.5) is 13.2 Å². The average Bonchev–Trinajstić information content (AvgIpc) is 3.04. The van der Waals surface area contributed by atoms with E-state index in [9.17, 15) is 18.0 Å². The molecule has 1 unspecified atom stereocenters. The second-order valence-electron chi connectivity index (χ2n) is 4.36. The number of hydrogen-bond donors (Lipinski definition) is 1. The molecule has 0 aromatic heterocycles. The van der Waals surface area contributed by atoms with Crippen molar-refractivity contribution in [3.8, 4) is 0 Å². The fraction of sp³-hybridized carbons (Fsp3) is 0.909. The first-order valence-corrected chi connectivity index (χ1v) is 5.82. The van der Waals surface area contributed by atoms with Crippen LogP contribution in [0.2, 0.25) is 0 Å². The second-order valence-corrected chi connectivity index (χ2v) is 4.36. The molecule has 100 valence electrons. The molecule has 0 spiro atoms. The van der Waals surface area contributed by atoms with Crippen LogP contribution in [-0.4, -0.2) is 31.8 Å². The van der Waals surface area contributed by atoms with Crippen LogP contribution in [0.15, 0.2) is 0 Å². The van der Waals surface area contributed by atoms with Crippen LogP contribution in [0.25, 0.3) is 0 Å². The number of nitrogens with one attached hydrogen (secondary N) is 1. The second kappa shape index (κ2) is 6.23. The lowest BCUT2D eigenvalue weighted by molar-refractivity contribution is -0.144. The molecule has 0 amide bonds. The predicted molar refractivity (Wildman–Crippen MR) is 56.4 cm³/mol. The molecule has 3 nitrogen and oxygen atoms in total. The van der Waals surface area contributed by atoms with Gasteiger partial charge in [-0.1, -0.05) is 0 Å². The fourth-order valence-electron chi connectivity index (χ4n) is 1.71. The molecule has 1 aliphatic rings. The van der Waals surface area contributed by atoms with Gasteiger partial charge in [0.2, 0.25) is 0 Å². The van der Waals surface area contributed by atoms with Gasteiger partial charge < -0.3 is 10.1 Å². The van der Waals surface area contributed by atoms with Gasteiger partial charge in [0.1, 0.15) is 6.04 Å². The number of unbranched alkanes of at least 4 members (excludes halogenated alkanes) is 1. The molecular formula is C11H18F3NO2. The molecule has 1 N–H and O–H groups in total. The van der Waals surface area contributed by atoms with E-state index in [0.29, 0.717) is 18.9 Å². The van der Waals surface area contributed by atoms with Crippen LogP contribution in [0, 0.1) is 5.92 Å². The van der Waals surface area contributed by atoms with Gasteiger partial charge in [-0.05, 0) is 38.1 Å². The number of alkyl halides is 3. The van der Waals surface area contributed by atoms with Crippen LogP contribution >= 0.6 is 0 Å². The van der Waals surface area contributed by atoms with E-state index < -0.39 is 12.6 Å². The summed E-state index contributed by atoms with van der Waals surface area (Å²) in [5, 5.41) is 2.98. The Balaban J connectivity index is 2.13. The third-order valence-corrected chi connectivity index (χ3v) is 2.80. The number of methoxy groups -OCH3 is 1. The third-order valence-electron chi connectivity index (χ3n) is 2.80. The predicted octanol–water partition coefficient (Wildman–Crippen LogP) is 2.26. The highest BCUT2D eigenvalue weighted by atomic mass is 19.4. The van der Waals surface area contributed by atoms with Crippen LogP contribution < -0.4 is 5.32 Å². The van der Waals surface area contributed by atoms with Crippen LogP contribution in [-0.2, 0) is 9.53 Å². The smallest absolute Gasteiger partial charge is 0.389 e. The zero-order chi connectivity index (χ0) is 12.9. The molecular weight excluding hydrogens is 235 g/mol. The third kappa shape index (κ3) is 5.91. The first kappa shape index (κ1) is 14.3. The Labute approximate surface area is 98.7 Å². The highest BCUT2D eigenvalue weighted by Crippen LogP contribution is 2.33. The van der Waals surface area contributed by atoms with Crippen molar-refractivity contribution in [2.24, 2.45) is 5.92 Å². The summed E-state index contributed by atoms with van der Waals surface area (Å²) in [7, 11) is 1.32. The van der Waals surface area contributed by atoms with E-state index in [1.165, 1.54) is 7.11 Å². The molecule has 0 aliphatic heterocycles. The number of carbonyl (C=O) groups is 1. The number of rotatable bonds is 7. The number of halogens is 3. The fourth-order valence-corrected chi connectivity index (χ4v) is 1.71. The van der Waals surface area contributed by atoms with E-state index in [1.54, 1.807) is 0 Å². The van der Waals surface area contributed by atoms with Gasteiger partial charge in [-0.3, -0.25) is 4.79 Å². The summed E-state index contributed by atoms with van der Waals surface area (Å²) in [6.07, 6.45) is -2.38. The molecule has 0 bridgehead atoms. The minimum Gasteiger partial charge on any atom is -0.468 e. The van der Waals surface area contributed by atoms with E-state index in [2.05, 4.69) is 10.1 Å². The van der Waals surface area contributed by atoms with Crippen molar-refractivity contribution < 1.29 is 22.7 Å². The van der Waals surface area contributed by atoms with E-state index in [4.69, 9.17) is 0 Å². The lowest BCUT2D eigenvalue weighted by Crippen LogP contribution is -2.40. The highest BCUT2D eigenvalue weighted by molar-refractivity contribution is 5.76. The maximum atomic E-state index is 11.9. The number of hydrogen-bond acceptors (Lipinski definition) is 3. The summed E-state index contributed by atoms with van der Waals surface area (Å²) in [5.74, 6) is -0.0200. The maximum absolute atomic E-state index is 11.9. The Kier molecular flexibility index (Phi) is 5.24. The summed E-state index contributed by atoms with van der Waals surface area (Å²) in [6.45, 7) is 0.423. The Morgan fingerprint density at radius 2 is 2.06 bits per heavy atom. The van der Waals surface area contributed by atoms with E-state index in [1.807, 2.05) is 0 Å². The van der Waals surface area contributed by atoms with Gasteiger partial charge in [-0.2, -0.15) is 13.2 Å². The van der Waals surface area contributed by atoms with Crippen LogP contribution in [0.3, 0.4) is 0 Å². The summed E-state index contributed by atoms with van der Waals surface area (Å²) >= 11 is 0. The monoisotopic (exact) mass is 253 g/mol. The van der Waals surface area contributed by atoms with Crippen molar-refractivity contribution in [3.63, 3.8) is 0 Å². The van der Waals surface area contributed by atoms with Crippen molar-refractivity contribution in [2.45, 2.75) is 44.3 Å². The minimum atomic E-state index is -4.09. The standard InChI is InChI=1S/C11H18F3NO2/c1-17-10(16)9(8-4-5-8)15-7-3-2-6-11(12,13)14/h8-9,15H,2-7H2,1H3. The molecule has 1 rings (SSSR count). The van der Waals surface area contributed by atoms with Crippen LogP contribution in [0.5, 0.6) is 0 Å². The van der Waals surface area contributed by atoms with Gasteiger partial charge in [-0.25, -0.2) is 0 Å². The lowest BCUT2D eigenvalue weighted by atomic mass is 10.1. The van der Waals surface area contributed by atoms with Crippen molar-refractivity contribution >= 4 is 5.97 Å². The molecule has 0 radical (unpaired) electrons. The number of carbonyl (C=O) groups excluding carboxylic acids is 1. The topological polar surface area (TPSA) is 38.3 Å². The first-order valence-electron chi connectivity index (χ1n) is 5.82. The van der Waals surface area contributed by atoms with E-state index in [0.717, 1.165) is 12.8 Å². The molecule has 0 heterocycles. The van der Waals surface area contributed by atoms with Gasteiger partial charge in [0.25, 0.3) is 0 Å². The quantitative estimate of drug-likeness (QED) is 0.558. The molecule has 6 heteroatoms. The summed E-state index contributed by atoms with van der Waals surface area (Å²) in [5.41, 5.74) is 0. The largest absolute Gasteiger partial charge is 0.468 e. The van der Waals surface area contributed by atoms with Gasteiger partial charge in [0.15, 0.2) is 0 Å². The molecule has 1 saturated carbocycles. The first-order chi connectivity index (χ1) is 7.94. The van der Waals surface area contributed by atoms with E-state index in [-0.39, 0.29) is 18.4 Å². The summed E-state index contributed by atoms with van der Waals surface area (Å²) in [4.78, 5) is 11.4. The van der Waals surface area contributed by atoms with Gasteiger partial charge >= 0.3 is 12.1 Å². The Hall–Kier alpha value is -0.780. The Bertz CT molecular complexity index is 252. The molecule has 0 aromatic carbocycles. The Morgan fingerprint density at radius 1 is 1.41 bits per heavy atom. The molecule has 0 saturated heterocycles. The van der Waals surface area contributed by atoms with Crippen molar-refractivity contribution in [1.29, 1.82) is 0 Å². The van der Waals surface area contributed by atoms with Crippen molar-refractivity contribution in [3.05, 3.63) is 0 Å². The highest BCUT2D eigenvalue weighted by Gasteiger charge is 2.36. The zero-order valence-corrected chi connectivity index (χ0v) is 9.85. The molecule has 1 atom stereocenters. The van der Waals surface area contributed by atoms with E-state index >= 15 is 0 Å². The van der Waals surface area contributed by atoms with Crippen molar-refractivity contribution in [2.75, 3.05) is 13.7 Å². The lowest BCUT2D eigenvalue weighted by Gasteiger charge is -2.15. The molecule has 17 heavy (non-hydrogen) atoms. The van der Waals surface area contributed by atoms with Crippen molar-refractivity contribution in [1.82, 2.24) is 5.32 Å². The molecule has 0 aromatic rings. The number of ether oxygens (including phenoxy) is 1. The van der Waals surface area contributed by atoms with Gasteiger partial charge in [0.05, 0.1) is 7.11 Å². The summed E-state index contributed by atoms with van der Waals surface area (Å²) in [6, 6.07) is -0.342. The van der Waals surface area contributed by atoms with Gasteiger partial charge in [0, 0.05) is 6.42 Å². The SMILES string of the molecule is COC(=O)C(NCCCCC(F)(F)F)C1CC1. The normalized spacial score (nSPS) is 17.9. The minimum absolute atomic E-state index is 0.0923. The molecule has 1 fully saturated rings.